The number of amides is 1. The molecule has 160 valence electrons. The fourth-order valence-electron chi connectivity index (χ4n) is 4.76. The largest absolute Gasteiger partial charge is 0.496 e. The fourth-order valence-corrected chi connectivity index (χ4v) is 4.92. The van der Waals surface area contributed by atoms with Gasteiger partial charge in [0, 0.05) is 35.6 Å². The number of aromatic nitrogens is 2. The number of halogens is 1. The molecule has 2 aliphatic rings. The van der Waals surface area contributed by atoms with Crippen LogP contribution in [0.2, 0.25) is 5.02 Å². The number of carbonyl (C=O) groups is 1. The maximum Gasteiger partial charge on any atom is 0.257 e. The van der Waals surface area contributed by atoms with E-state index in [4.69, 9.17) is 20.8 Å². The molecule has 0 radical (unpaired) electrons. The molecule has 1 atom stereocenters. The third kappa shape index (κ3) is 3.58. The van der Waals surface area contributed by atoms with Crippen LogP contribution in [0, 0.1) is 5.41 Å². The fraction of sp³-hybridized carbons (Fsp3) is 0.348. The first-order chi connectivity index (χ1) is 15.0. The summed E-state index contributed by atoms with van der Waals surface area (Å²) in [7, 11) is 3.61. The number of likely N-dealkylation sites (tertiary alicyclic amines) is 2. The number of nitrogens with zero attached hydrogens (tertiary/aromatic N) is 4. The molecule has 2 fully saturated rings. The van der Waals surface area contributed by atoms with Gasteiger partial charge in [0.2, 0.25) is 11.8 Å². The van der Waals surface area contributed by atoms with E-state index in [1.165, 1.54) is 0 Å². The maximum absolute atomic E-state index is 13.0. The van der Waals surface area contributed by atoms with Crippen LogP contribution in [-0.2, 0) is 0 Å². The van der Waals surface area contributed by atoms with Gasteiger partial charge in [0.15, 0.2) is 0 Å². The van der Waals surface area contributed by atoms with Crippen LogP contribution >= 0.6 is 11.6 Å². The van der Waals surface area contributed by atoms with E-state index in [1.54, 1.807) is 25.3 Å². The highest BCUT2D eigenvalue weighted by Gasteiger charge is 2.53. The second-order valence-corrected chi connectivity index (χ2v) is 8.89. The normalized spacial score (nSPS) is 20.1. The zero-order valence-electron chi connectivity index (χ0n) is 17.4. The Balaban J connectivity index is 1.28. The molecule has 7 nitrogen and oxygen atoms in total. The molecule has 2 aromatic carbocycles. The highest BCUT2D eigenvalue weighted by Crippen LogP contribution is 2.48. The van der Waals surface area contributed by atoms with Crippen molar-refractivity contribution >= 4 is 17.5 Å². The molecule has 5 rings (SSSR count). The Morgan fingerprint density at radius 2 is 1.94 bits per heavy atom. The van der Waals surface area contributed by atoms with Crippen molar-refractivity contribution in [2.45, 2.75) is 12.5 Å². The molecule has 1 amide bonds. The lowest BCUT2D eigenvalue weighted by Crippen LogP contribution is -2.59. The standard InChI is InChI=1S/C23H23ClN4O3/c1-27-12-23(11-18(27)21-26-25-20(31-21)15-6-4-3-5-7-15)13-28(14-23)22(29)17-9-8-16(24)10-19(17)30-2/h3-10,18H,11-14H2,1-2H3. The van der Waals surface area contributed by atoms with E-state index in [2.05, 4.69) is 22.1 Å². The van der Waals surface area contributed by atoms with Crippen molar-refractivity contribution in [1.29, 1.82) is 0 Å². The average molecular weight is 439 g/mol. The van der Waals surface area contributed by atoms with E-state index < -0.39 is 0 Å². The van der Waals surface area contributed by atoms with E-state index in [1.807, 2.05) is 35.2 Å². The summed E-state index contributed by atoms with van der Waals surface area (Å²) in [5, 5.41) is 9.09. The van der Waals surface area contributed by atoms with Gasteiger partial charge in [-0.25, -0.2) is 0 Å². The topological polar surface area (TPSA) is 71.7 Å². The van der Waals surface area contributed by atoms with Gasteiger partial charge in [-0.05, 0) is 43.8 Å². The Hall–Kier alpha value is -2.90. The van der Waals surface area contributed by atoms with Crippen molar-refractivity contribution in [1.82, 2.24) is 20.0 Å². The molecule has 2 aliphatic heterocycles. The van der Waals surface area contributed by atoms with Gasteiger partial charge in [0.25, 0.3) is 5.91 Å². The Labute approximate surface area is 185 Å². The van der Waals surface area contributed by atoms with E-state index in [-0.39, 0.29) is 17.4 Å². The Kier molecular flexibility index (Phi) is 4.95. The van der Waals surface area contributed by atoms with Gasteiger partial charge in [-0.15, -0.1) is 10.2 Å². The molecule has 0 bridgehead atoms. The monoisotopic (exact) mass is 438 g/mol. The van der Waals surface area contributed by atoms with Gasteiger partial charge in [-0.1, -0.05) is 29.8 Å². The zero-order chi connectivity index (χ0) is 21.6. The lowest BCUT2D eigenvalue weighted by atomic mass is 9.77. The summed E-state index contributed by atoms with van der Waals surface area (Å²) < 4.78 is 11.3. The van der Waals surface area contributed by atoms with Gasteiger partial charge in [-0.2, -0.15) is 0 Å². The van der Waals surface area contributed by atoms with E-state index in [0.717, 1.165) is 18.5 Å². The number of rotatable bonds is 4. The number of carbonyl (C=O) groups excluding carboxylic acids is 1. The Morgan fingerprint density at radius 3 is 2.68 bits per heavy atom. The predicted octanol–water partition coefficient (Wildman–Crippen LogP) is 3.92. The number of benzene rings is 2. The minimum absolute atomic E-state index is 0.0330. The number of hydrogen-bond donors (Lipinski definition) is 0. The van der Waals surface area contributed by atoms with Crippen LogP contribution in [-0.4, -0.2) is 59.7 Å². The van der Waals surface area contributed by atoms with Gasteiger partial charge in [0.1, 0.15) is 5.75 Å². The second kappa shape index (κ2) is 7.66. The average Bonchev–Trinajstić information content (AvgIpc) is 3.37. The summed E-state index contributed by atoms with van der Waals surface area (Å²) in [4.78, 5) is 17.1. The van der Waals surface area contributed by atoms with Crippen molar-refractivity contribution < 1.29 is 13.9 Å². The maximum atomic E-state index is 13.0. The third-order valence-electron chi connectivity index (χ3n) is 6.22. The summed E-state index contributed by atoms with van der Waals surface area (Å²) in [6.07, 6.45) is 0.876. The van der Waals surface area contributed by atoms with Gasteiger partial charge < -0.3 is 14.1 Å². The molecular weight excluding hydrogens is 416 g/mol. The Morgan fingerprint density at radius 1 is 1.16 bits per heavy atom. The molecule has 1 aromatic heterocycles. The van der Waals surface area contributed by atoms with Crippen LogP contribution in [0.4, 0.5) is 0 Å². The van der Waals surface area contributed by atoms with Crippen LogP contribution in [0.5, 0.6) is 5.75 Å². The van der Waals surface area contributed by atoms with Crippen molar-refractivity contribution in [2.75, 3.05) is 33.8 Å². The minimum Gasteiger partial charge on any atom is -0.496 e. The van der Waals surface area contributed by atoms with Gasteiger partial charge in [0.05, 0.1) is 18.7 Å². The van der Waals surface area contributed by atoms with Crippen molar-refractivity contribution in [3.63, 3.8) is 0 Å². The predicted molar refractivity (Wildman–Crippen MR) is 116 cm³/mol. The number of ether oxygens (including phenoxy) is 1. The van der Waals surface area contributed by atoms with Crippen LogP contribution in [0.15, 0.2) is 52.9 Å². The molecule has 2 saturated heterocycles. The van der Waals surface area contributed by atoms with E-state index >= 15 is 0 Å². The van der Waals surface area contributed by atoms with Crippen LogP contribution in [0.25, 0.3) is 11.5 Å². The van der Waals surface area contributed by atoms with E-state index in [0.29, 0.717) is 41.2 Å². The molecular formula is C23H23ClN4O3. The molecule has 0 saturated carbocycles. The zero-order valence-corrected chi connectivity index (χ0v) is 18.2. The molecule has 3 aromatic rings. The quantitative estimate of drug-likeness (QED) is 0.614. The molecule has 31 heavy (non-hydrogen) atoms. The first kappa shape index (κ1) is 20.0. The highest BCUT2D eigenvalue weighted by atomic mass is 35.5. The van der Waals surface area contributed by atoms with E-state index in [9.17, 15) is 4.79 Å². The van der Waals surface area contributed by atoms with Crippen LogP contribution in [0.3, 0.4) is 0 Å². The second-order valence-electron chi connectivity index (χ2n) is 8.45. The molecule has 1 spiro atoms. The lowest BCUT2D eigenvalue weighted by molar-refractivity contribution is 0.0112. The Bertz CT molecular complexity index is 1110. The molecule has 0 aliphatic carbocycles. The minimum atomic E-state index is -0.0330. The summed E-state index contributed by atoms with van der Waals surface area (Å²) in [6.45, 7) is 2.26. The first-order valence-corrected chi connectivity index (χ1v) is 10.6. The smallest absolute Gasteiger partial charge is 0.257 e. The molecule has 8 heteroatoms. The highest BCUT2D eigenvalue weighted by molar-refractivity contribution is 6.30. The van der Waals surface area contributed by atoms with Crippen molar-refractivity contribution in [2.24, 2.45) is 5.41 Å². The van der Waals surface area contributed by atoms with Crippen LogP contribution in [0.1, 0.15) is 28.7 Å². The lowest BCUT2D eigenvalue weighted by Gasteiger charge is -2.48. The number of hydrogen-bond acceptors (Lipinski definition) is 6. The van der Waals surface area contributed by atoms with Crippen molar-refractivity contribution in [3.8, 4) is 17.2 Å². The first-order valence-electron chi connectivity index (χ1n) is 10.2. The molecule has 3 heterocycles. The summed E-state index contributed by atoms with van der Waals surface area (Å²) in [5.41, 5.74) is 1.49. The summed E-state index contributed by atoms with van der Waals surface area (Å²) >= 11 is 6.03. The summed E-state index contributed by atoms with van der Waals surface area (Å²) in [5.74, 6) is 1.63. The third-order valence-corrected chi connectivity index (χ3v) is 6.46. The number of methoxy groups -OCH3 is 1. The van der Waals surface area contributed by atoms with Crippen molar-refractivity contribution in [3.05, 3.63) is 65.0 Å². The molecule has 1 unspecified atom stereocenters. The molecule has 0 N–H and O–H groups in total. The van der Waals surface area contributed by atoms with Gasteiger partial charge in [-0.3, -0.25) is 9.69 Å². The van der Waals surface area contributed by atoms with Crippen LogP contribution < -0.4 is 4.74 Å². The van der Waals surface area contributed by atoms with Gasteiger partial charge >= 0.3 is 0 Å². The summed E-state index contributed by atoms with van der Waals surface area (Å²) in [6, 6.07) is 14.9. The SMILES string of the molecule is COc1cc(Cl)ccc1C(=O)N1CC2(CC(c3nnc(-c4ccccc4)o3)N(C)C2)C1.